The Morgan fingerprint density at radius 1 is 1.14 bits per heavy atom. The molecule has 0 unspecified atom stereocenters. The zero-order chi connectivity index (χ0) is 24.7. The molecule has 4 aromatic rings. The van der Waals surface area contributed by atoms with E-state index < -0.39 is 11.2 Å². The summed E-state index contributed by atoms with van der Waals surface area (Å²) in [5.74, 6) is 1.75. The second-order valence-corrected chi connectivity index (χ2v) is 8.70. The van der Waals surface area contributed by atoms with Crippen molar-refractivity contribution < 1.29 is 0 Å². The van der Waals surface area contributed by atoms with Crippen molar-refractivity contribution in [1.82, 2.24) is 38.6 Å². The Morgan fingerprint density at radius 2 is 1.91 bits per heavy atom. The molecule has 1 aliphatic heterocycles. The lowest BCUT2D eigenvalue weighted by Gasteiger charge is -2.20. The highest BCUT2D eigenvalue weighted by atomic mass is 16.2. The molecule has 12 nitrogen and oxygen atoms in total. The van der Waals surface area contributed by atoms with Crippen LogP contribution in [0.25, 0.3) is 22.6 Å². The highest BCUT2D eigenvalue weighted by Gasteiger charge is 2.22. The number of allylic oxidation sites excluding steroid dienone is 1. The van der Waals surface area contributed by atoms with Gasteiger partial charge in [-0.15, -0.1) is 0 Å². The van der Waals surface area contributed by atoms with Gasteiger partial charge in [0.05, 0.1) is 18.4 Å². The summed E-state index contributed by atoms with van der Waals surface area (Å²) in [5.41, 5.74) is 1.10. The molecule has 5 heterocycles. The quantitative estimate of drug-likeness (QED) is 0.439. The van der Waals surface area contributed by atoms with Crippen molar-refractivity contribution in [2.24, 2.45) is 14.1 Å². The lowest BCUT2D eigenvalue weighted by Crippen LogP contribution is -2.37. The minimum absolute atomic E-state index is 0.259. The SMILES string of the molecule is C=C(Cn1cnc2c1c(=O)n(C)c(=O)n2C)Nc1ccnc(-c2cnc(N3CCC[C@@H]3C)nc2)n1. The summed E-state index contributed by atoms with van der Waals surface area (Å²) in [6.45, 7) is 7.47. The third kappa shape index (κ3) is 4.07. The normalized spacial score (nSPS) is 15.6. The highest BCUT2D eigenvalue weighted by molar-refractivity contribution is 5.70. The average Bonchev–Trinajstić information content (AvgIpc) is 3.48. The first-order chi connectivity index (χ1) is 16.8. The Bertz CT molecular complexity index is 1530. The monoisotopic (exact) mass is 474 g/mol. The van der Waals surface area contributed by atoms with Gasteiger partial charge in [0.25, 0.3) is 5.56 Å². The van der Waals surface area contributed by atoms with Gasteiger partial charge in [0.15, 0.2) is 17.0 Å². The maximum Gasteiger partial charge on any atom is 0.332 e. The van der Waals surface area contributed by atoms with E-state index in [1.165, 1.54) is 17.9 Å². The number of aromatic nitrogens is 8. The Hall–Kier alpha value is -4.35. The predicted octanol–water partition coefficient (Wildman–Crippen LogP) is 1.30. The van der Waals surface area contributed by atoms with Crippen LogP contribution in [0.4, 0.5) is 11.8 Å². The largest absolute Gasteiger partial charge is 0.343 e. The Kier molecular flexibility index (Phi) is 5.63. The second-order valence-electron chi connectivity index (χ2n) is 8.70. The number of nitrogens with one attached hydrogen (secondary N) is 1. The molecule has 0 amide bonds. The lowest BCUT2D eigenvalue weighted by atomic mass is 10.2. The van der Waals surface area contributed by atoms with Crippen LogP contribution in [-0.2, 0) is 20.6 Å². The van der Waals surface area contributed by atoms with Crippen LogP contribution in [0.2, 0.25) is 0 Å². The van der Waals surface area contributed by atoms with Gasteiger partial charge < -0.3 is 14.8 Å². The molecule has 5 rings (SSSR count). The maximum absolute atomic E-state index is 12.7. The smallest absolute Gasteiger partial charge is 0.332 e. The van der Waals surface area contributed by atoms with Gasteiger partial charge in [-0.05, 0) is 25.8 Å². The van der Waals surface area contributed by atoms with Crippen molar-refractivity contribution in [3.8, 4) is 11.4 Å². The molecule has 1 fully saturated rings. The molecule has 180 valence electrons. The third-order valence-corrected chi connectivity index (χ3v) is 6.25. The fourth-order valence-corrected chi connectivity index (χ4v) is 4.33. The summed E-state index contributed by atoms with van der Waals surface area (Å²) in [6.07, 6.45) is 8.93. The minimum atomic E-state index is -0.426. The molecule has 0 aromatic carbocycles. The van der Waals surface area contributed by atoms with Gasteiger partial charge in [-0.3, -0.25) is 13.9 Å². The lowest BCUT2D eigenvalue weighted by molar-refractivity contribution is 0.702. The van der Waals surface area contributed by atoms with Crippen LogP contribution in [0.3, 0.4) is 0 Å². The van der Waals surface area contributed by atoms with Crippen molar-refractivity contribution >= 4 is 22.9 Å². The summed E-state index contributed by atoms with van der Waals surface area (Å²) in [5, 5.41) is 3.16. The highest BCUT2D eigenvalue weighted by Crippen LogP contribution is 2.23. The van der Waals surface area contributed by atoms with E-state index in [2.05, 4.69) is 48.6 Å². The standard InChI is InChI=1S/C23H26N10O2/c1-14(12-32-13-27-20-18(32)21(34)31(4)23(35)30(20)3)28-17-7-8-24-19(29-17)16-10-25-22(26-11-16)33-9-5-6-15(33)2/h7-8,10-11,13,15H,1,5-6,9,12H2,2-4H3,(H,24,28,29)/t15-/m0/s1. The first kappa shape index (κ1) is 22.4. The zero-order valence-electron chi connectivity index (χ0n) is 19.8. The number of hydrogen-bond acceptors (Lipinski definition) is 9. The van der Waals surface area contributed by atoms with E-state index in [9.17, 15) is 9.59 Å². The van der Waals surface area contributed by atoms with Crippen molar-refractivity contribution in [3.05, 3.63) is 64.1 Å². The van der Waals surface area contributed by atoms with Crippen LogP contribution in [-0.4, -0.2) is 51.2 Å². The molecule has 0 spiro atoms. The minimum Gasteiger partial charge on any atom is -0.343 e. The number of hydrogen-bond donors (Lipinski definition) is 1. The van der Waals surface area contributed by atoms with Gasteiger partial charge in [-0.2, -0.15) is 0 Å². The van der Waals surface area contributed by atoms with Crippen LogP contribution in [0.5, 0.6) is 0 Å². The van der Waals surface area contributed by atoms with E-state index in [4.69, 9.17) is 0 Å². The maximum atomic E-state index is 12.7. The second kappa shape index (κ2) is 8.78. The van der Waals surface area contributed by atoms with Crippen LogP contribution in [0.1, 0.15) is 19.8 Å². The fourth-order valence-electron chi connectivity index (χ4n) is 4.33. The number of aryl methyl sites for hydroxylation is 1. The summed E-state index contributed by atoms with van der Waals surface area (Å²) in [6, 6.07) is 2.17. The topological polar surface area (TPSA) is 129 Å². The molecule has 1 aliphatic rings. The van der Waals surface area contributed by atoms with E-state index in [-0.39, 0.29) is 6.54 Å². The van der Waals surface area contributed by atoms with E-state index >= 15 is 0 Å². The molecule has 0 bridgehead atoms. The zero-order valence-corrected chi connectivity index (χ0v) is 19.8. The molecular weight excluding hydrogens is 448 g/mol. The molecule has 0 aliphatic carbocycles. The number of nitrogens with zero attached hydrogens (tertiary/aromatic N) is 9. The van der Waals surface area contributed by atoms with Crippen molar-refractivity contribution in [2.45, 2.75) is 32.4 Å². The van der Waals surface area contributed by atoms with Crippen molar-refractivity contribution in [3.63, 3.8) is 0 Å². The number of fused-ring (bicyclic) bond motifs is 1. The predicted molar refractivity (Wildman–Crippen MR) is 132 cm³/mol. The van der Waals surface area contributed by atoms with Crippen LogP contribution in [0, 0.1) is 0 Å². The number of imidazole rings is 1. The Balaban J connectivity index is 1.33. The first-order valence-electron chi connectivity index (χ1n) is 11.3. The van der Waals surface area contributed by atoms with Gasteiger partial charge in [-0.25, -0.2) is 29.7 Å². The van der Waals surface area contributed by atoms with Crippen molar-refractivity contribution in [1.29, 1.82) is 0 Å². The molecule has 1 saturated heterocycles. The van der Waals surface area contributed by atoms with Gasteiger partial charge in [-0.1, -0.05) is 6.58 Å². The Labute approximate surface area is 200 Å². The van der Waals surface area contributed by atoms with E-state index in [0.717, 1.165) is 29.9 Å². The molecule has 0 saturated carbocycles. The molecule has 0 radical (unpaired) electrons. The summed E-state index contributed by atoms with van der Waals surface area (Å²) >= 11 is 0. The third-order valence-electron chi connectivity index (χ3n) is 6.25. The van der Waals surface area contributed by atoms with E-state index in [0.29, 0.717) is 40.1 Å². The van der Waals surface area contributed by atoms with Crippen LogP contribution >= 0.6 is 0 Å². The molecule has 12 heteroatoms. The summed E-state index contributed by atoms with van der Waals surface area (Å²) < 4.78 is 4.06. The molecule has 4 aromatic heterocycles. The first-order valence-corrected chi connectivity index (χ1v) is 11.3. The van der Waals surface area contributed by atoms with Crippen LogP contribution in [0.15, 0.2) is 52.8 Å². The summed E-state index contributed by atoms with van der Waals surface area (Å²) in [7, 11) is 3.03. The number of rotatable bonds is 6. The van der Waals surface area contributed by atoms with E-state index in [1.807, 2.05) is 0 Å². The molecule has 35 heavy (non-hydrogen) atoms. The Morgan fingerprint density at radius 3 is 2.63 bits per heavy atom. The number of anilines is 2. The molecular formula is C23H26N10O2. The fraction of sp³-hybridized carbons (Fsp3) is 0.348. The van der Waals surface area contributed by atoms with E-state index in [1.54, 1.807) is 36.3 Å². The van der Waals surface area contributed by atoms with Gasteiger partial charge in [0.1, 0.15) is 5.82 Å². The molecule has 1 N–H and O–H groups in total. The average molecular weight is 475 g/mol. The summed E-state index contributed by atoms with van der Waals surface area (Å²) in [4.78, 5) is 49.2. The van der Waals surface area contributed by atoms with Crippen molar-refractivity contribution in [2.75, 3.05) is 16.8 Å². The van der Waals surface area contributed by atoms with Gasteiger partial charge in [0.2, 0.25) is 5.95 Å². The van der Waals surface area contributed by atoms with Gasteiger partial charge in [0, 0.05) is 51.0 Å². The molecule has 1 atom stereocenters. The van der Waals surface area contributed by atoms with Crippen LogP contribution < -0.4 is 21.5 Å². The van der Waals surface area contributed by atoms with Gasteiger partial charge >= 0.3 is 5.69 Å².